The Morgan fingerprint density at radius 2 is 2.06 bits per heavy atom. The average molecular weight is 479 g/mol. The van der Waals surface area contributed by atoms with E-state index in [0.29, 0.717) is 25.6 Å². The number of nitrogens with one attached hydrogen (secondary N) is 3. The molecular weight excluding hydrogens is 446 g/mol. The number of ether oxygens (including phenoxy) is 2. The first-order valence-corrected chi connectivity index (χ1v) is 11.9. The zero-order chi connectivity index (χ0) is 24.3. The number of aromatic nitrogens is 2. The summed E-state index contributed by atoms with van der Waals surface area (Å²) in [6.45, 7) is 7.39. The molecule has 0 atom stereocenters. The summed E-state index contributed by atoms with van der Waals surface area (Å²) < 4.78 is 11.2. The third-order valence-corrected chi connectivity index (χ3v) is 5.50. The molecule has 0 aliphatic carbocycles. The second-order valence-corrected chi connectivity index (χ2v) is 8.31. The van der Waals surface area contributed by atoms with Gasteiger partial charge in [0.25, 0.3) is 6.19 Å². The highest BCUT2D eigenvalue weighted by Crippen LogP contribution is 2.20. The fourth-order valence-electron chi connectivity index (χ4n) is 3.70. The molecule has 1 aromatic carbocycles. The largest absolute Gasteiger partial charge is 0.460 e. The van der Waals surface area contributed by atoms with Gasteiger partial charge in [0, 0.05) is 19.2 Å². The van der Waals surface area contributed by atoms with E-state index in [1.165, 1.54) is 5.56 Å². The van der Waals surface area contributed by atoms with Gasteiger partial charge in [0.15, 0.2) is 5.82 Å². The van der Waals surface area contributed by atoms with E-state index >= 15 is 0 Å². The molecule has 3 N–H and O–H groups in total. The van der Waals surface area contributed by atoms with Gasteiger partial charge in [0.2, 0.25) is 0 Å². The van der Waals surface area contributed by atoms with Crippen LogP contribution in [-0.2, 0) is 4.74 Å². The lowest BCUT2D eigenvalue weighted by Gasteiger charge is -2.28. The van der Waals surface area contributed by atoms with E-state index in [2.05, 4.69) is 47.8 Å². The van der Waals surface area contributed by atoms with Crippen molar-refractivity contribution < 1.29 is 9.47 Å². The van der Waals surface area contributed by atoms with E-state index in [9.17, 15) is 0 Å². The Morgan fingerprint density at radius 1 is 1.23 bits per heavy atom. The van der Waals surface area contributed by atoms with Gasteiger partial charge >= 0.3 is 12.0 Å². The molecule has 2 aliphatic rings. The van der Waals surface area contributed by atoms with E-state index in [-0.39, 0.29) is 18.6 Å². The monoisotopic (exact) mass is 478 g/mol. The van der Waals surface area contributed by atoms with Crippen molar-refractivity contribution in [2.45, 2.75) is 19.8 Å². The Kier molecular flexibility index (Phi) is 8.67. The molecule has 2 fully saturated rings. The molecule has 4 rings (SSSR count). The molecule has 11 nitrogen and oxygen atoms in total. The Balaban J connectivity index is 1.35. The average Bonchev–Trinajstić information content (AvgIpc) is 3.40. The minimum Gasteiger partial charge on any atom is -0.460 e. The summed E-state index contributed by atoms with van der Waals surface area (Å²) in [6.07, 6.45) is 6.94. The normalized spacial score (nSPS) is 15.6. The third kappa shape index (κ3) is 7.82. The van der Waals surface area contributed by atoms with E-state index in [0.717, 1.165) is 50.4 Å². The summed E-state index contributed by atoms with van der Waals surface area (Å²) >= 11 is 0. The molecule has 0 bridgehead atoms. The van der Waals surface area contributed by atoms with Crippen molar-refractivity contribution in [3.63, 3.8) is 0 Å². The zero-order valence-corrected chi connectivity index (χ0v) is 20.0. The summed E-state index contributed by atoms with van der Waals surface area (Å²) in [7, 11) is 0. The van der Waals surface area contributed by atoms with Gasteiger partial charge in [-0.15, -0.1) is 5.41 Å². The van der Waals surface area contributed by atoms with Gasteiger partial charge in [-0.3, -0.25) is 15.6 Å². The number of rotatable bonds is 8. The SMILES string of the molecule is Cc1cccc(C=NNc2cc(N3CCOCC3)nc(OCCNC(=N)[N+]#CN3CCCC3)n2)c1. The first kappa shape index (κ1) is 24.2. The summed E-state index contributed by atoms with van der Waals surface area (Å²) in [4.78, 5) is 17.1. The number of nitrogens with zero attached hydrogens (tertiary/aromatic N) is 6. The van der Waals surface area contributed by atoms with Crippen molar-refractivity contribution in [2.75, 3.05) is 62.9 Å². The lowest BCUT2D eigenvalue weighted by molar-refractivity contribution is 0.122. The van der Waals surface area contributed by atoms with E-state index in [1.54, 1.807) is 6.21 Å². The molecule has 0 amide bonds. The fourth-order valence-corrected chi connectivity index (χ4v) is 3.70. The van der Waals surface area contributed by atoms with Crippen molar-refractivity contribution in [1.29, 1.82) is 5.41 Å². The molecule has 184 valence electrons. The number of hydrogen-bond acceptors (Lipinski definition) is 9. The molecule has 0 unspecified atom stereocenters. The van der Waals surface area contributed by atoms with Crippen molar-refractivity contribution in [3.05, 3.63) is 46.3 Å². The van der Waals surface area contributed by atoms with Gasteiger partial charge < -0.3 is 14.4 Å². The van der Waals surface area contributed by atoms with Crippen molar-refractivity contribution in [2.24, 2.45) is 5.10 Å². The maximum atomic E-state index is 7.90. The first-order chi connectivity index (χ1) is 17.2. The van der Waals surface area contributed by atoms with Crippen LogP contribution in [0.1, 0.15) is 24.0 Å². The van der Waals surface area contributed by atoms with Gasteiger partial charge in [-0.05, 0) is 25.3 Å². The summed E-state index contributed by atoms with van der Waals surface area (Å²) in [5.41, 5.74) is 5.15. The maximum absolute atomic E-state index is 7.90. The van der Waals surface area contributed by atoms with Crippen molar-refractivity contribution in [1.82, 2.24) is 20.2 Å². The van der Waals surface area contributed by atoms with Gasteiger partial charge in [-0.1, -0.05) is 29.8 Å². The molecule has 0 spiro atoms. The molecule has 2 saturated heterocycles. The highest BCUT2D eigenvalue weighted by atomic mass is 16.5. The highest BCUT2D eigenvalue weighted by Gasteiger charge is 2.16. The number of aryl methyl sites for hydroxylation is 1. The molecule has 11 heteroatoms. The lowest BCUT2D eigenvalue weighted by Crippen LogP contribution is -2.37. The molecule has 0 saturated carbocycles. The Bertz CT molecular complexity index is 1080. The maximum Gasteiger partial charge on any atom is 0.433 e. The quantitative estimate of drug-likeness (QED) is 0.174. The number of morpholine rings is 1. The van der Waals surface area contributed by atoms with Crippen LogP contribution in [0, 0.1) is 18.5 Å². The van der Waals surface area contributed by atoms with Crippen LogP contribution in [0.4, 0.5) is 11.6 Å². The molecule has 3 heterocycles. The van der Waals surface area contributed by atoms with Crippen LogP contribution in [-0.4, -0.2) is 79.6 Å². The molecule has 35 heavy (non-hydrogen) atoms. The van der Waals surface area contributed by atoms with Crippen LogP contribution in [0.5, 0.6) is 6.01 Å². The second-order valence-electron chi connectivity index (χ2n) is 8.31. The predicted molar refractivity (Wildman–Crippen MR) is 137 cm³/mol. The molecule has 2 aliphatic heterocycles. The first-order valence-electron chi connectivity index (χ1n) is 11.9. The Morgan fingerprint density at radius 3 is 2.86 bits per heavy atom. The van der Waals surface area contributed by atoms with E-state index in [1.807, 2.05) is 36.1 Å². The second kappa shape index (κ2) is 12.5. The number of hydrogen-bond donors (Lipinski definition) is 3. The van der Waals surface area contributed by atoms with Crippen molar-refractivity contribution >= 4 is 23.8 Å². The van der Waals surface area contributed by atoms with Crippen LogP contribution in [0.25, 0.3) is 4.85 Å². The summed E-state index contributed by atoms with van der Waals surface area (Å²) in [5, 5.41) is 15.1. The number of anilines is 2. The third-order valence-electron chi connectivity index (χ3n) is 5.50. The molecule has 1 aromatic heterocycles. The van der Waals surface area contributed by atoms with Gasteiger partial charge in [-0.25, -0.2) is 0 Å². The van der Waals surface area contributed by atoms with Crippen LogP contribution in [0.15, 0.2) is 35.4 Å². The molecule has 2 aromatic rings. The minimum atomic E-state index is 0.0522. The van der Waals surface area contributed by atoms with Gasteiger partial charge in [0.1, 0.15) is 12.4 Å². The minimum absolute atomic E-state index is 0.0522. The highest BCUT2D eigenvalue weighted by molar-refractivity contribution is 5.87. The molecule has 0 radical (unpaired) electrons. The van der Waals surface area contributed by atoms with Gasteiger partial charge in [-0.2, -0.15) is 19.9 Å². The van der Waals surface area contributed by atoms with Crippen LogP contribution in [0.3, 0.4) is 0 Å². The van der Waals surface area contributed by atoms with E-state index < -0.39 is 0 Å². The summed E-state index contributed by atoms with van der Waals surface area (Å²) in [6, 6.07) is 10.2. The number of hydrazone groups is 1. The van der Waals surface area contributed by atoms with Gasteiger partial charge in [0.05, 0.1) is 39.1 Å². The smallest absolute Gasteiger partial charge is 0.433 e. The van der Waals surface area contributed by atoms with Crippen LogP contribution in [0.2, 0.25) is 0 Å². The predicted octanol–water partition coefficient (Wildman–Crippen LogP) is 2.36. The Hall–Kier alpha value is -3.91. The Labute approximate surface area is 205 Å². The number of likely N-dealkylation sites (tertiary alicyclic amines) is 1. The number of guanidine groups is 1. The standard InChI is InChI=1S/C24H32N9O2/c1-19-5-4-6-20(15-19)17-28-31-21-16-22(33-10-13-34-14-11-33)30-24(29-21)35-12-7-26-23(25)27-18-32-8-2-3-9-32/h4-6,15-17H,2-3,7-14H2,1H3,(H2,25,26)(H,29,30,31)/q+1. The number of benzene rings is 1. The van der Waals surface area contributed by atoms with Crippen LogP contribution >= 0.6 is 0 Å². The summed E-state index contributed by atoms with van der Waals surface area (Å²) in [5.74, 6) is 1.33. The molecular formula is C24H32N9O2+. The lowest BCUT2D eigenvalue weighted by atomic mass is 10.2. The van der Waals surface area contributed by atoms with Crippen molar-refractivity contribution in [3.8, 4) is 12.2 Å². The topological polar surface area (TPSA) is 115 Å². The van der Waals surface area contributed by atoms with Crippen LogP contribution < -0.4 is 20.4 Å². The zero-order valence-electron chi connectivity index (χ0n) is 20.0. The van der Waals surface area contributed by atoms with E-state index in [4.69, 9.17) is 14.9 Å². The fraction of sp³-hybridized carbons (Fsp3) is 0.458.